The maximum absolute atomic E-state index is 13.0. The van der Waals surface area contributed by atoms with Crippen molar-refractivity contribution in [2.75, 3.05) is 27.2 Å². The Bertz CT molecular complexity index is 1160. The number of halogens is 1. The van der Waals surface area contributed by atoms with E-state index in [1.54, 1.807) is 48.2 Å². The predicted octanol–water partition coefficient (Wildman–Crippen LogP) is 4.68. The van der Waals surface area contributed by atoms with Gasteiger partial charge < -0.3 is 14.0 Å². The summed E-state index contributed by atoms with van der Waals surface area (Å²) in [6.45, 7) is 3.23. The number of amides is 1. The average molecular weight is 493 g/mol. The Morgan fingerprint density at radius 2 is 1.81 bits per heavy atom. The molecule has 0 fully saturated rings. The Morgan fingerprint density at radius 3 is 2.47 bits per heavy atom. The fourth-order valence-electron chi connectivity index (χ4n) is 3.15. The van der Waals surface area contributed by atoms with Gasteiger partial charge in [0.25, 0.3) is 5.91 Å². The third-order valence-electron chi connectivity index (χ3n) is 4.73. The Labute approximate surface area is 198 Å². The lowest BCUT2D eigenvalue weighted by Crippen LogP contribution is -2.35. The van der Waals surface area contributed by atoms with Gasteiger partial charge in [0.15, 0.2) is 0 Å². The quantitative estimate of drug-likeness (QED) is 0.406. The fourth-order valence-corrected chi connectivity index (χ4v) is 5.55. The van der Waals surface area contributed by atoms with E-state index in [0.29, 0.717) is 30.1 Å². The van der Waals surface area contributed by atoms with E-state index in [1.165, 1.54) is 17.4 Å². The van der Waals surface area contributed by atoms with E-state index < -0.39 is 10.1 Å². The number of aryl methyl sites for hydroxylation is 1. The normalized spacial score (nSPS) is 11.5. The van der Waals surface area contributed by atoms with Gasteiger partial charge in [0, 0.05) is 19.6 Å². The van der Waals surface area contributed by atoms with E-state index in [1.807, 2.05) is 36.5 Å². The van der Waals surface area contributed by atoms with Gasteiger partial charge in [0.1, 0.15) is 10.6 Å². The lowest BCUT2D eigenvalue weighted by atomic mass is 10.2. The van der Waals surface area contributed by atoms with Crippen LogP contribution in [0.15, 0.2) is 64.9 Å². The zero-order valence-electron chi connectivity index (χ0n) is 18.1. The number of carbonyl (C=O) groups excluding carboxylic acids is 1. The number of rotatable bonds is 9. The molecule has 0 radical (unpaired) electrons. The Morgan fingerprint density at radius 1 is 1.06 bits per heavy atom. The van der Waals surface area contributed by atoms with Gasteiger partial charge in [-0.1, -0.05) is 41.9 Å². The Balaban J connectivity index is 1.82. The minimum absolute atomic E-state index is 0.0486. The zero-order chi connectivity index (χ0) is 23.3. The minimum atomic E-state index is -4.11. The van der Waals surface area contributed by atoms with Crippen LogP contribution in [0.25, 0.3) is 0 Å². The summed E-state index contributed by atoms with van der Waals surface area (Å²) in [5.41, 5.74) is 1.27. The number of hydrogen-bond acceptors (Lipinski definition) is 6. The second-order valence-corrected chi connectivity index (χ2v) is 10.4. The van der Waals surface area contributed by atoms with E-state index in [-0.39, 0.29) is 21.6 Å². The molecule has 0 N–H and O–H groups in total. The van der Waals surface area contributed by atoms with E-state index in [0.717, 1.165) is 5.56 Å². The largest absolute Gasteiger partial charge is 0.379 e. The van der Waals surface area contributed by atoms with Crippen molar-refractivity contribution in [3.05, 3.63) is 81.0 Å². The minimum Gasteiger partial charge on any atom is -0.379 e. The van der Waals surface area contributed by atoms with Gasteiger partial charge in [0.05, 0.1) is 9.90 Å². The number of thiophene rings is 1. The Kier molecular flexibility index (Phi) is 7.95. The van der Waals surface area contributed by atoms with Gasteiger partial charge in [-0.2, -0.15) is 8.42 Å². The summed E-state index contributed by atoms with van der Waals surface area (Å²) < 4.78 is 31.1. The van der Waals surface area contributed by atoms with Crippen molar-refractivity contribution in [2.45, 2.75) is 18.4 Å². The number of carbonyl (C=O) groups is 1. The summed E-state index contributed by atoms with van der Waals surface area (Å²) >= 11 is 7.51. The summed E-state index contributed by atoms with van der Waals surface area (Å²) in [6, 6.07) is 15.3. The lowest BCUT2D eigenvalue weighted by Gasteiger charge is -2.24. The van der Waals surface area contributed by atoms with Crippen LogP contribution in [-0.4, -0.2) is 51.3 Å². The standard InChI is InChI=1S/C23H25ClN2O4S2/c1-17-7-4-10-20(24)22(17)32(28,29)30-19-9-5-8-18(15-19)16-26(13-12-25(2)3)23(27)21-11-6-14-31-21/h4-11,14-15H,12-13,16H2,1-3H3. The molecule has 32 heavy (non-hydrogen) atoms. The van der Waals surface area contributed by atoms with Crippen LogP contribution in [0.2, 0.25) is 5.02 Å². The first-order valence-electron chi connectivity index (χ1n) is 9.93. The molecule has 1 heterocycles. The van der Waals surface area contributed by atoms with Crippen molar-refractivity contribution in [1.29, 1.82) is 0 Å². The van der Waals surface area contributed by atoms with Gasteiger partial charge >= 0.3 is 10.1 Å². The summed E-state index contributed by atoms with van der Waals surface area (Å²) in [5.74, 6) is 0.102. The van der Waals surface area contributed by atoms with Gasteiger partial charge in [-0.25, -0.2) is 0 Å². The molecule has 0 bridgehead atoms. The molecule has 1 aromatic heterocycles. The van der Waals surface area contributed by atoms with Crippen LogP contribution >= 0.6 is 22.9 Å². The molecular weight excluding hydrogens is 468 g/mol. The second-order valence-electron chi connectivity index (χ2n) is 7.58. The SMILES string of the molecule is Cc1cccc(Cl)c1S(=O)(=O)Oc1cccc(CN(CCN(C)C)C(=O)c2cccs2)c1. The third-order valence-corrected chi connectivity index (χ3v) is 7.47. The first-order valence-corrected chi connectivity index (χ1v) is 12.6. The van der Waals surface area contributed by atoms with Crippen LogP contribution < -0.4 is 4.18 Å². The molecule has 0 aliphatic heterocycles. The molecule has 0 atom stereocenters. The van der Waals surface area contributed by atoms with Crippen molar-refractivity contribution < 1.29 is 17.4 Å². The molecule has 3 rings (SSSR count). The molecule has 1 amide bonds. The molecule has 2 aromatic carbocycles. The molecule has 3 aromatic rings. The molecule has 170 valence electrons. The first-order chi connectivity index (χ1) is 15.2. The maximum Gasteiger partial charge on any atom is 0.340 e. The topological polar surface area (TPSA) is 66.9 Å². The predicted molar refractivity (Wildman–Crippen MR) is 128 cm³/mol. The van der Waals surface area contributed by atoms with Crippen LogP contribution in [0.5, 0.6) is 5.75 Å². The highest BCUT2D eigenvalue weighted by atomic mass is 35.5. The fraction of sp³-hybridized carbons (Fsp3) is 0.261. The van der Waals surface area contributed by atoms with Gasteiger partial charge in [0.2, 0.25) is 0 Å². The van der Waals surface area contributed by atoms with Crippen molar-refractivity contribution in [1.82, 2.24) is 9.80 Å². The molecular formula is C23H25ClN2O4S2. The molecule has 0 unspecified atom stereocenters. The van der Waals surface area contributed by atoms with Crippen LogP contribution in [0.3, 0.4) is 0 Å². The lowest BCUT2D eigenvalue weighted by molar-refractivity contribution is 0.0736. The van der Waals surface area contributed by atoms with E-state index in [4.69, 9.17) is 15.8 Å². The van der Waals surface area contributed by atoms with Crippen molar-refractivity contribution >= 4 is 39.0 Å². The summed E-state index contributed by atoms with van der Waals surface area (Å²) in [5, 5.41) is 1.98. The first kappa shape index (κ1) is 24.3. The summed E-state index contributed by atoms with van der Waals surface area (Å²) in [4.78, 5) is 17.3. The average Bonchev–Trinajstić information content (AvgIpc) is 3.25. The van der Waals surface area contributed by atoms with Crippen molar-refractivity contribution in [3.8, 4) is 5.75 Å². The molecule has 0 saturated carbocycles. The van der Waals surface area contributed by atoms with Gasteiger partial charge in [-0.15, -0.1) is 11.3 Å². The van der Waals surface area contributed by atoms with Gasteiger partial charge in [-0.3, -0.25) is 4.79 Å². The molecule has 6 nitrogen and oxygen atoms in total. The third kappa shape index (κ3) is 6.10. The highest BCUT2D eigenvalue weighted by Gasteiger charge is 2.23. The number of hydrogen-bond donors (Lipinski definition) is 0. The molecule has 0 aliphatic rings. The monoisotopic (exact) mass is 492 g/mol. The van der Waals surface area contributed by atoms with Crippen LogP contribution in [-0.2, 0) is 16.7 Å². The smallest absolute Gasteiger partial charge is 0.340 e. The summed E-state index contributed by atoms with van der Waals surface area (Å²) in [7, 11) is -0.214. The van der Waals surface area contributed by atoms with Crippen LogP contribution in [0, 0.1) is 6.92 Å². The molecule has 0 saturated heterocycles. The van der Waals surface area contributed by atoms with Crippen LogP contribution in [0.1, 0.15) is 20.8 Å². The van der Waals surface area contributed by atoms with E-state index in [9.17, 15) is 13.2 Å². The zero-order valence-corrected chi connectivity index (χ0v) is 20.5. The number of nitrogens with zero attached hydrogens (tertiary/aromatic N) is 2. The van der Waals surface area contributed by atoms with Crippen LogP contribution in [0.4, 0.5) is 0 Å². The Hall–Kier alpha value is -2.39. The van der Waals surface area contributed by atoms with Crippen molar-refractivity contribution in [3.63, 3.8) is 0 Å². The summed E-state index contributed by atoms with van der Waals surface area (Å²) in [6.07, 6.45) is 0. The van der Waals surface area contributed by atoms with E-state index >= 15 is 0 Å². The molecule has 0 spiro atoms. The second kappa shape index (κ2) is 10.5. The highest BCUT2D eigenvalue weighted by molar-refractivity contribution is 7.87. The van der Waals surface area contributed by atoms with E-state index in [2.05, 4.69) is 0 Å². The highest BCUT2D eigenvalue weighted by Crippen LogP contribution is 2.28. The molecule has 9 heteroatoms. The van der Waals surface area contributed by atoms with Gasteiger partial charge in [-0.05, 0) is 61.8 Å². The number of likely N-dealkylation sites (N-methyl/N-ethyl adjacent to an activating group) is 1. The van der Waals surface area contributed by atoms with Crippen molar-refractivity contribution in [2.24, 2.45) is 0 Å². The molecule has 0 aliphatic carbocycles. The number of benzene rings is 2. The maximum atomic E-state index is 13.0.